The highest BCUT2D eigenvalue weighted by atomic mass is 79.9. The number of amides is 1. The van der Waals surface area contributed by atoms with Crippen molar-refractivity contribution in [2.24, 2.45) is 5.10 Å². The first kappa shape index (κ1) is 20.8. The number of para-hydroxylation sites is 2. The van der Waals surface area contributed by atoms with Gasteiger partial charge in [-0.25, -0.2) is 9.97 Å². The van der Waals surface area contributed by atoms with E-state index in [0.29, 0.717) is 27.9 Å². The Balaban J connectivity index is 1.67. The number of hydrogen-bond acceptors (Lipinski definition) is 5. The van der Waals surface area contributed by atoms with Crippen LogP contribution in [0.1, 0.15) is 21.5 Å². The Bertz CT molecular complexity index is 1560. The largest absolute Gasteiger partial charge is 0.383 e. The quantitative estimate of drug-likeness (QED) is 0.325. The van der Waals surface area contributed by atoms with Crippen LogP contribution in [0.3, 0.4) is 0 Å². The lowest BCUT2D eigenvalue weighted by atomic mass is 10.2. The number of nitrogens with one attached hydrogen (secondary N) is 1. The first-order chi connectivity index (χ1) is 16.0. The summed E-state index contributed by atoms with van der Waals surface area (Å²) in [4.78, 5) is 22.7. The van der Waals surface area contributed by atoms with E-state index in [1.165, 1.54) is 4.68 Å². The molecule has 162 valence electrons. The number of nitrogens with two attached hydrogens (primary N) is 1. The number of hydrogen-bond donors (Lipinski definition) is 2. The van der Waals surface area contributed by atoms with E-state index in [-0.39, 0.29) is 17.3 Å². The van der Waals surface area contributed by atoms with Crippen LogP contribution in [0, 0.1) is 6.92 Å². The number of fused-ring (bicyclic) bond motifs is 2. The summed E-state index contributed by atoms with van der Waals surface area (Å²) in [6.45, 7) is 1.96. The predicted molar refractivity (Wildman–Crippen MR) is 136 cm³/mol. The second-order valence-corrected chi connectivity index (χ2v) is 8.50. The summed E-state index contributed by atoms with van der Waals surface area (Å²) in [5.41, 5.74) is 11.4. The maximum atomic E-state index is 13.3. The number of nitrogen functional groups attached to an aromatic ring is 1. The molecular formula is C25H19BrN6O. The fourth-order valence-electron chi connectivity index (χ4n) is 3.62. The molecule has 33 heavy (non-hydrogen) atoms. The zero-order valence-electron chi connectivity index (χ0n) is 17.7. The van der Waals surface area contributed by atoms with Gasteiger partial charge < -0.3 is 11.1 Å². The molecule has 0 unspecified atom stereocenters. The lowest BCUT2D eigenvalue weighted by Crippen LogP contribution is -2.14. The van der Waals surface area contributed by atoms with Crippen LogP contribution in [0.25, 0.3) is 22.2 Å². The summed E-state index contributed by atoms with van der Waals surface area (Å²) < 4.78 is 2.39. The first-order valence-electron chi connectivity index (χ1n) is 10.2. The lowest BCUT2D eigenvalue weighted by Gasteiger charge is -2.06. The number of nitrogens with zero attached hydrogens (tertiary/aromatic N) is 4. The van der Waals surface area contributed by atoms with Crippen LogP contribution in [-0.2, 0) is 0 Å². The van der Waals surface area contributed by atoms with E-state index in [1.54, 1.807) is 6.21 Å². The Kier molecular flexibility index (Phi) is 5.35. The summed E-state index contributed by atoms with van der Waals surface area (Å²) >= 11 is 3.46. The minimum Gasteiger partial charge on any atom is -0.383 e. The summed E-state index contributed by atoms with van der Waals surface area (Å²) in [5.74, 6) is -0.208. The van der Waals surface area contributed by atoms with Crippen LogP contribution in [-0.4, -0.2) is 26.8 Å². The SMILES string of the molecule is Cc1cccc(NC(=O)c2c(N)n(/N=C\c3cccc(Br)c3)c3nc4ccccc4nc23)c1. The minimum absolute atomic E-state index is 0.164. The lowest BCUT2D eigenvalue weighted by molar-refractivity contribution is 0.102. The molecule has 5 rings (SSSR count). The Labute approximate surface area is 198 Å². The normalized spacial score (nSPS) is 11.5. The molecule has 3 N–H and O–H groups in total. The zero-order valence-corrected chi connectivity index (χ0v) is 19.2. The van der Waals surface area contributed by atoms with Gasteiger partial charge in [-0.3, -0.25) is 4.79 Å². The van der Waals surface area contributed by atoms with E-state index in [2.05, 4.69) is 26.3 Å². The van der Waals surface area contributed by atoms with Gasteiger partial charge >= 0.3 is 0 Å². The smallest absolute Gasteiger partial charge is 0.261 e. The average Bonchev–Trinajstić information content (AvgIpc) is 3.06. The Morgan fingerprint density at radius 2 is 1.79 bits per heavy atom. The topological polar surface area (TPSA) is 98.2 Å². The van der Waals surface area contributed by atoms with Crippen molar-refractivity contribution >= 4 is 61.8 Å². The Morgan fingerprint density at radius 3 is 2.55 bits per heavy atom. The van der Waals surface area contributed by atoms with Crippen molar-refractivity contribution in [3.8, 4) is 0 Å². The van der Waals surface area contributed by atoms with Crippen LogP contribution in [0.2, 0.25) is 0 Å². The number of aryl methyl sites for hydroxylation is 1. The second-order valence-electron chi connectivity index (χ2n) is 7.58. The van der Waals surface area contributed by atoms with Crippen molar-refractivity contribution in [2.45, 2.75) is 6.92 Å². The van der Waals surface area contributed by atoms with Crippen LogP contribution in [0.15, 0.2) is 82.4 Å². The van der Waals surface area contributed by atoms with Gasteiger partial charge in [0, 0.05) is 10.2 Å². The van der Waals surface area contributed by atoms with Crippen molar-refractivity contribution in [1.82, 2.24) is 14.6 Å². The molecule has 0 bridgehead atoms. The predicted octanol–water partition coefficient (Wildman–Crippen LogP) is 5.37. The number of carbonyl (C=O) groups excluding carboxylic acids is 1. The van der Waals surface area contributed by atoms with Crippen LogP contribution < -0.4 is 11.1 Å². The number of benzene rings is 3. The van der Waals surface area contributed by atoms with E-state index in [4.69, 9.17) is 15.7 Å². The summed E-state index contributed by atoms with van der Waals surface area (Å²) in [6, 6.07) is 22.7. The van der Waals surface area contributed by atoms with E-state index in [9.17, 15) is 4.79 Å². The van der Waals surface area contributed by atoms with Crippen molar-refractivity contribution in [3.63, 3.8) is 0 Å². The molecule has 5 aromatic rings. The number of anilines is 2. The second kappa shape index (κ2) is 8.48. The van der Waals surface area contributed by atoms with Crippen molar-refractivity contribution in [1.29, 1.82) is 0 Å². The third-order valence-corrected chi connectivity index (χ3v) is 5.64. The number of halogens is 1. The van der Waals surface area contributed by atoms with E-state index in [0.717, 1.165) is 15.6 Å². The third-order valence-electron chi connectivity index (χ3n) is 5.15. The van der Waals surface area contributed by atoms with Crippen LogP contribution >= 0.6 is 15.9 Å². The van der Waals surface area contributed by atoms with Gasteiger partial charge in [-0.1, -0.05) is 52.3 Å². The molecule has 0 radical (unpaired) electrons. The van der Waals surface area contributed by atoms with Gasteiger partial charge in [-0.05, 0) is 54.4 Å². The molecule has 0 spiro atoms. The summed E-state index contributed by atoms with van der Waals surface area (Å²) in [5, 5.41) is 7.46. The molecule has 2 aromatic heterocycles. The van der Waals surface area contributed by atoms with Gasteiger partial charge in [0.15, 0.2) is 5.65 Å². The molecule has 7 nitrogen and oxygen atoms in total. The molecule has 0 fully saturated rings. The maximum Gasteiger partial charge on any atom is 0.261 e. The minimum atomic E-state index is -0.371. The van der Waals surface area contributed by atoms with E-state index < -0.39 is 0 Å². The molecule has 3 aromatic carbocycles. The summed E-state index contributed by atoms with van der Waals surface area (Å²) in [6.07, 6.45) is 1.67. The van der Waals surface area contributed by atoms with Crippen LogP contribution in [0.4, 0.5) is 11.5 Å². The highest BCUT2D eigenvalue weighted by Crippen LogP contribution is 2.29. The van der Waals surface area contributed by atoms with Crippen molar-refractivity contribution < 1.29 is 4.79 Å². The molecule has 0 aliphatic rings. The fraction of sp³-hybridized carbons (Fsp3) is 0.0400. The first-order valence-corrected chi connectivity index (χ1v) is 11.0. The molecule has 0 atom stereocenters. The van der Waals surface area contributed by atoms with E-state index in [1.807, 2.05) is 79.7 Å². The highest BCUT2D eigenvalue weighted by Gasteiger charge is 2.24. The molecule has 8 heteroatoms. The number of carbonyl (C=O) groups is 1. The van der Waals surface area contributed by atoms with Crippen molar-refractivity contribution in [3.05, 3.63) is 94.0 Å². The fourth-order valence-corrected chi connectivity index (χ4v) is 4.03. The van der Waals surface area contributed by atoms with Gasteiger partial charge in [0.2, 0.25) is 0 Å². The maximum absolute atomic E-state index is 13.3. The molecule has 0 aliphatic heterocycles. The molecule has 2 heterocycles. The molecule has 1 amide bonds. The highest BCUT2D eigenvalue weighted by molar-refractivity contribution is 9.10. The molecule has 0 saturated heterocycles. The number of aromatic nitrogens is 3. The third kappa shape index (κ3) is 4.08. The standard InChI is InChI=1S/C25H19BrN6O/c1-15-6-4-9-18(12-15)29-25(33)21-22-24(31-20-11-3-2-10-19(20)30-22)32(23(21)27)28-14-16-7-5-8-17(26)13-16/h2-14H,27H2,1H3,(H,29,33)/b28-14-. The van der Waals surface area contributed by atoms with E-state index >= 15 is 0 Å². The van der Waals surface area contributed by atoms with Gasteiger partial charge in [0.25, 0.3) is 5.91 Å². The number of rotatable bonds is 4. The van der Waals surface area contributed by atoms with Crippen molar-refractivity contribution in [2.75, 3.05) is 11.1 Å². The Morgan fingerprint density at radius 1 is 1.03 bits per heavy atom. The van der Waals surface area contributed by atoms with Crippen LogP contribution in [0.5, 0.6) is 0 Å². The van der Waals surface area contributed by atoms with Gasteiger partial charge in [0.05, 0.1) is 17.2 Å². The molecular weight excluding hydrogens is 480 g/mol. The molecule has 0 saturated carbocycles. The average molecular weight is 499 g/mol. The monoisotopic (exact) mass is 498 g/mol. The zero-order chi connectivity index (χ0) is 22.9. The Hall–Kier alpha value is -4.04. The summed E-state index contributed by atoms with van der Waals surface area (Å²) in [7, 11) is 0. The van der Waals surface area contributed by atoms with Gasteiger partial charge in [0.1, 0.15) is 16.9 Å². The van der Waals surface area contributed by atoms with Gasteiger partial charge in [-0.15, -0.1) is 0 Å². The molecule has 0 aliphatic carbocycles. The van der Waals surface area contributed by atoms with Gasteiger partial charge in [-0.2, -0.15) is 9.78 Å².